The van der Waals surface area contributed by atoms with Crippen LogP contribution in [0.25, 0.3) is 33.0 Å². The summed E-state index contributed by atoms with van der Waals surface area (Å²) >= 11 is 1.72. The molecule has 2 heterocycles. The van der Waals surface area contributed by atoms with Crippen LogP contribution >= 0.6 is 22.7 Å². The molecule has 2 aromatic carbocycles. The van der Waals surface area contributed by atoms with Crippen molar-refractivity contribution in [3.05, 3.63) is 105 Å². The van der Waals surface area contributed by atoms with Gasteiger partial charge in [-0.25, -0.2) is 0 Å². The number of hydrogen-bond donors (Lipinski definition) is 0. The zero-order valence-corrected chi connectivity index (χ0v) is 27.4. The van der Waals surface area contributed by atoms with E-state index in [4.69, 9.17) is 0 Å². The van der Waals surface area contributed by atoms with E-state index in [1.807, 2.05) is 22.7 Å². The zero-order valence-electron chi connectivity index (χ0n) is 20.8. The van der Waals surface area contributed by atoms with Crippen LogP contribution in [0.2, 0.25) is 13.1 Å². The van der Waals surface area contributed by atoms with Crippen molar-refractivity contribution < 1.29 is 45.2 Å². The van der Waals surface area contributed by atoms with Gasteiger partial charge in [0.05, 0.1) is 0 Å². The second kappa shape index (κ2) is 11.4. The molecule has 0 N–H and O–H groups in total. The first-order valence-electron chi connectivity index (χ1n) is 11.9. The van der Waals surface area contributed by atoms with Gasteiger partial charge in [0.1, 0.15) is 0 Å². The van der Waals surface area contributed by atoms with E-state index in [1.165, 1.54) is 32.0 Å². The van der Waals surface area contributed by atoms with Gasteiger partial charge in [-0.3, -0.25) is 0 Å². The van der Waals surface area contributed by atoms with E-state index in [0.717, 1.165) is 0 Å². The molecule has 2 aromatic heterocycles. The van der Waals surface area contributed by atoms with E-state index in [2.05, 4.69) is 111 Å². The summed E-state index contributed by atoms with van der Waals surface area (Å²) in [6, 6.07) is 23.1. The van der Waals surface area contributed by atoms with E-state index in [1.54, 1.807) is 22.3 Å². The largest absolute Gasteiger partial charge is 1.00 e. The second-order valence-corrected chi connectivity index (χ2v) is 29.4. The first-order chi connectivity index (χ1) is 16.5. The molecule has 2 aliphatic carbocycles. The van der Waals surface area contributed by atoms with Gasteiger partial charge in [-0.2, -0.15) is 0 Å². The normalized spacial score (nSPS) is 17.1. The summed E-state index contributed by atoms with van der Waals surface area (Å²) in [6.45, 7) is 10.1. The number of thiophene rings is 2. The zero-order chi connectivity index (χ0) is 23.4. The Kier molecular flexibility index (Phi) is 8.87. The molecule has 0 aliphatic heterocycles. The molecule has 0 fully saturated rings. The number of allylic oxidation sites excluding steroid dienone is 2. The van der Waals surface area contributed by atoms with Gasteiger partial charge >= 0.3 is 221 Å². The molecule has 6 rings (SSSR count). The Labute approximate surface area is 243 Å². The van der Waals surface area contributed by atoms with Gasteiger partial charge in [0.2, 0.25) is 0 Å². The molecule has 0 saturated carbocycles. The van der Waals surface area contributed by atoms with Crippen molar-refractivity contribution in [1.82, 2.24) is 0 Å². The SMILES string of the molecule is CC1=Cc2c(-c3cccs3)cccc2[CH]1[Zr+2]([CH]1C(C)=Cc2c(-c3cccs3)cccc21)=[Si](C)C.[Cl-].[Cl-]. The third-order valence-electron chi connectivity index (χ3n) is 7.33. The Bertz CT molecular complexity index is 1390. The summed E-state index contributed by atoms with van der Waals surface area (Å²) in [5.41, 5.74) is 11.9. The van der Waals surface area contributed by atoms with Crippen LogP contribution in [0.5, 0.6) is 0 Å². The maximum atomic E-state index is 2.61. The molecule has 2 atom stereocenters. The Morgan fingerprint density at radius 1 is 0.639 bits per heavy atom. The van der Waals surface area contributed by atoms with E-state index in [-0.39, 0.29) is 24.8 Å². The number of rotatable bonds is 4. The van der Waals surface area contributed by atoms with Crippen LogP contribution in [-0.4, -0.2) is 5.43 Å². The van der Waals surface area contributed by atoms with Crippen LogP contribution in [0, 0.1) is 0 Å². The fourth-order valence-corrected chi connectivity index (χ4v) is 28.2. The van der Waals surface area contributed by atoms with Crippen molar-refractivity contribution in [2.24, 2.45) is 0 Å². The van der Waals surface area contributed by atoms with Gasteiger partial charge in [0, 0.05) is 0 Å². The average molecular weight is 643 g/mol. The van der Waals surface area contributed by atoms with E-state index in [9.17, 15) is 0 Å². The molecule has 0 radical (unpaired) electrons. The molecular weight excluding hydrogens is 615 g/mol. The molecule has 0 bridgehead atoms. The molecule has 2 unspecified atom stereocenters. The summed E-state index contributed by atoms with van der Waals surface area (Å²) < 4.78 is 1.37. The number of halogens is 2. The van der Waals surface area contributed by atoms with Crippen LogP contribution in [0.1, 0.15) is 43.4 Å². The molecule has 0 saturated heterocycles. The minimum absolute atomic E-state index is 0. The smallest absolute Gasteiger partial charge is 1.00 e. The molecule has 0 spiro atoms. The molecule has 0 nitrogen and oxygen atoms in total. The first kappa shape index (κ1) is 28.0. The monoisotopic (exact) mass is 640 g/mol. The maximum absolute atomic E-state index is 2.61. The van der Waals surface area contributed by atoms with Gasteiger partial charge in [-0.1, -0.05) is 0 Å². The number of benzene rings is 2. The predicted octanol–water partition coefficient (Wildman–Crippen LogP) is 3.64. The Hall–Kier alpha value is -1.000. The Morgan fingerprint density at radius 3 is 1.44 bits per heavy atom. The standard InChI is InChI=1S/2C14H11S.C2H6Si.2ClH.Zr/c2*1-10-8-11-4-2-5-12(13(11)9-10)14-6-3-7-15-14;1-3-2;;;/h2*2-9H,1H3;1-2H3;2*1H;/q;;;;;+2/p-2. The Balaban J connectivity index is 0.00000152. The molecule has 0 amide bonds. The van der Waals surface area contributed by atoms with Crippen LogP contribution in [0.3, 0.4) is 0 Å². The van der Waals surface area contributed by atoms with E-state index in [0.29, 0.717) is 7.25 Å². The third kappa shape index (κ3) is 4.68. The fraction of sp³-hybridized carbons (Fsp3) is 0.200. The van der Waals surface area contributed by atoms with Gasteiger partial charge < -0.3 is 24.8 Å². The molecule has 36 heavy (non-hydrogen) atoms. The Morgan fingerprint density at radius 2 is 1.08 bits per heavy atom. The van der Waals surface area contributed by atoms with Crippen molar-refractivity contribution in [2.45, 2.75) is 34.2 Å². The van der Waals surface area contributed by atoms with Crippen molar-refractivity contribution in [2.75, 3.05) is 0 Å². The second-order valence-electron chi connectivity index (χ2n) is 9.67. The summed E-state index contributed by atoms with van der Waals surface area (Å²) in [6.07, 6.45) is 5.08. The van der Waals surface area contributed by atoms with Crippen LogP contribution in [0.4, 0.5) is 0 Å². The third-order valence-corrected chi connectivity index (χ3v) is 29.0. The average Bonchev–Trinajstić information content (AvgIpc) is 3.61. The van der Waals surface area contributed by atoms with Crippen molar-refractivity contribution in [3.8, 4) is 20.9 Å². The summed E-state index contributed by atoms with van der Waals surface area (Å²) in [4.78, 5) is 2.79. The van der Waals surface area contributed by atoms with Crippen LogP contribution in [0.15, 0.2) is 82.6 Å². The van der Waals surface area contributed by atoms with Crippen molar-refractivity contribution in [1.29, 1.82) is 0 Å². The van der Waals surface area contributed by atoms with Crippen LogP contribution < -0.4 is 24.8 Å². The minimum atomic E-state index is -2.00. The quantitative estimate of drug-likeness (QED) is 0.299. The molecule has 182 valence electrons. The molecule has 2 aliphatic rings. The maximum Gasteiger partial charge on any atom is -1.00 e. The minimum Gasteiger partial charge on any atom is -1.00 e. The van der Waals surface area contributed by atoms with Crippen molar-refractivity contribution >= 4 is 40.3 Å². The summed E-state index contributed by atoms with van der Waals surface area (Å²) in [7, 11) is 0. The van der Waals surface area contributed by atoms with Crippen molar-refractivity contribution in [3.63, 3.8) is 0 Å². The topological polar surface area (TPSA) is 0 Å². The predicted molar refractivity (Wildman–Crippen MR) is 150 cm³/mol. The molecule has 6 heteroatoms. The fourth-order valence-electron chi connectivity index (χ4n) is 5.97. The van der Waals surface area contributed by atoms with Crippen LogP contribution in [-0.2, 0) is 20.4 Å². The van der Waals surface area contributed by atoms with Gasteiger partial charge in [0.15, 0.2) is 0 Å². The molecular formula is C30H28Cl2S2SiZr. The van der Waals surface area contributed by atoms with Gasteiger partial charge in [0.25, 0.3) is 0 Å². The number of fused-ring (bicyclic) bond motifs is 2. The molecule has 4 aromatic rings. The van der Waals surface area contributed by atoms with Gasteiger partial charge in [-0.05, 0) is 0 Å². The van der Waals surface area contributed by atoms with E-state index >= 15 is 0 Å². The van der Waals surface area contributed by atoms with E-state index < -0.39 is 25.8 Å². The summed E-state index contributed by atoms with van der Waals surface area (Å²) in [5.74, 6) is 0. The summed E-state index contributed by atoms with van der Waals surface area (Å²) in [5, 5.41) is 4.40. The van der Waals surface area contributed by atoms with Gasteiger partial charge in [-0.15, -0.1) is 0 Å². The number of hydrogen-bond acceptors (Lipinski definition) is 2. The first-order valence-corrected chi connectivity index (χ1v) is 22.7.